The maximum absolute atomic E-state index is 13.5. The van der Waals surface area contributed by atoms with E-state index in [4.69, 9.17) is 21.0 Å². The van der Waals surface area contributed by atoms with Gasteiger partial charge in [0.05, 0.1) is 5.56 Å². The number of nitrogens with one attached hydrogen (secondary N) is 2. The number of anilines is 1. The van der Waals surface area contributed by atoms with Gasteiger partial charge >= 0.3 is 17.9 Å². The fourth-order valence-corrected chi connectivity index (χ4v) is 4.93. The number of guanidine groups is 1. The highest BCUT2D eigenvalue weighted by atomic mass is 32.1. The van der Waals surface area contributed by atoms with Crippen LogP contribution in [-0.4, -0.2) is 51.4 Å². The van der Waals surface area contributed by atoms with Gasteiger partial charge in [0.1, 0.15) is 17.2 Å². The SMILES string of the molecule is N=C(N)Nc1ccc(C(=O)OC2=CC3C=CC=C(C(=O)N(CC(=O)O)Cc4csc(C(=O)O)c4)C3C=C2)cc1. The Kier molecular flexibility index (Phi) is 8.06. The van der Waals surface area contributed by atoms with Crippen molar-refractivity contribution in [2.24, 2.45) is 17.6 Å². The number of fused-ring (bicyclic) bond motifs is 1. The number of carboxylic acid groups (broad SMARTS) is 2. The van der Waals surface area contributed by atoms with E-state index < -0.39 is 36.3 Å². The van der Waals surface area contributed by atoms with Crippen molar-refractivity contribution < 1.29 is 34.1 Å². The standard InChI is InChI=1S/C27H24N4O7S/c28-27(29)30-18-6-4-16(5-7-18)26(37)38-19-8-9-20-17(11-19)2-1-3-21(20)24(34)31(13-23(32)33)12-15-10-22(25(35)36)39-14-15/h1-11,14,17,20H,12-13H2,(H,32,33)(H,35,36)(H4,28,29,30). The van der Waals surface area contributed by atoms with Crippen LogP contribution >= 0.6 is 11.3 Å². The predicted molar refractivity (Wildman–Crippen MR) is 143 cm³/mol. The average molecular weight is 549 g/mol. The van der Waals surface area contributed by atoms with Crippen LogP contribution in [0, 0.1) is 17.2 Å². The molecule has 4 rings (SSSR count). The van der Waals surface area contributed by atoms with Gasteiger partial charge in [-0.05, 0) is 53.4 Å². The zero-order chi connectivity index (χ0) is 28.1. The van der Waals surface area contributed by atoms with Crippen LogP contribution < -0.4 is 11.1 Å². The van der Waals surface area contributed by atoms with E-state index >= 15 is 0 Å². The first-order chi connectivity index (χ1) is 18.6. The maximum atomic E-state index is 13.5. The van der Waals surface area contributed by atoms with Crippen LogP contribution in [0.3, 0.4) is 0 Å². The summed E-state index contributed by atoms with van der Waals surface area (Å²) in [7, 11) is 0. The molecule has 1 amide bonds. The second-order valence-corrected chi connectivity index (χ2v) is 9.63. The predicted octanol–water partition coefficient (Wildman–Crippen LogP) is 3.20. The lowest BCUT2D eigenvalue weighted by Crippen LogP contribution is -2.38. The molecule has 2 atom stereocenters. The molecule has 0 spiro atoms. The molecular weight excluding hydrogens is 524 g/mol. The Labute approximate surface area is 226 Å². The third-order valence-electron chi connectivity index (χ3n) is 5.92. The molecule has 0 saturated carbocycles. The molecule has 1 aromatic heterocycles. The molecule has 2 unspecified atom stereocenters. The third-order valence-corrected chi connectivity index (χ3v) is 6.88. The van der Waals surface area contributed by atoms with Crippen molar-refractivity contribution in [1.29, 1.82) is 5.41 Å². The molecule has 2 aliphatic carbocycles. The summed E-state index contributed by atoms with van der Waals surface area (Å²) < 4.78 is 5.52. The lowest BCUT2D eigenvalue weighted by molar-refractivity contribution is -0.143. The normalized spacial score (nSPS) is 17.3. The quantitative estimate of drug-likeness (QED) is 0.178. The fourth-order valence-electron chi connectivity index (χ4n) is 4.19. The van der Waals surface area contributed by atoms with E-state index in [2.05, 4.69) is 5.32 Å². The number of carbonyl (C=O) groups excluding carboxylic acids is 2. The van der Waals surface area contributed by atoms with Crippen molar-refractivity contribution in [3.05, 3.63) is 99.5 Å². The molecule has 2 aliphatic rings. The zero-order valence-electron chi connectivity index (χ0n) is 20.4. The number of hydrogen-bond donors (Lipinski definition) is 5. The molecule has 39 heavy (non-hydrogen) atoms. The van der Waals surface area contributed by atoms with E-state index in [1.807, 2.05) is 6.08 Å². The van der Waals surface area contributed by atoms with Crippen LogP contribution in [0.15, 0.2) is 83.5 Å². The number of aromatic carboxylic acids is 1. The molecular formula is C27H24N4O7S. The van der Waals surface area contributed by atoms with E-state index in [-0.39, 0.29) is 23.3 Å². The number of carboxylic acids is 2. The summed E-state index contributed by atoms with van der Waals surface area (Å²) in [4.78, 5) is 50.0. The summed E-state index contributed by atoms with van der Waals surface area (Å²) in [5, 5.41) is 30.0. The van der Waals surface area contributed by atoms with Crippen molar-refractivity contribution in [3.63, 3.8) is 0 Å². The first-order valence-corrected chi connectivity index (χ1v) is 12.5. The number of benzene rings is 1. The Morgan fingerprint density at radius 3 is 2.51 bits per heavy atom. The molecule has 200 valence electrons. The number of hydrogen-bond acceptors (Lipinski definition) is 7. The number of carbonyl (C=O) groups is 4. The highest BCUT2D eigenvalue weighted by Gasteiger charge is 2.32. The number of thiophene rings is 1. The highest BCUT2D eigenvalue weighted by Crippen LogP contribution is 2.35. The minimum absolute atomic E-state index is 0.0590. The zero-order valence-corrected chi connectivity index (χ0v) is 21.2. The molecule has 0 bridgehead atoms. The molecule has 1 aromatic carbocycles. The maximum Gasteiger partial charge on any atom is 0.345 e. The van der Waals surface area contributed by atoms with Crippen LogP contribution in [0.4, 0.5) is 5.69 Å². The van der Waals surface area contributed by atoms with Gasteiger partial charge < -0.3 is 30.9 Å². The smallest absolute Gasteiger partial charge is 0.345 e. The Balaban J connectivity index is 1.45. The fraction of sp³-hybridized carbons (Fsp3) is 0.148. The van der Waals surface area contributed by atoms with Gasteiger partial charge in [-0.25, -0.2) is 9.59 Å². The van der Waals surface area contributed by atoms with Gasteiger partial charge in [-0.3, -0.25) is 15.0 Å². The molecule has 2 aromatic rings. The van der Waals surface area contributed by atoms with Gasteiger partial charge in [0.15, 0.2) is 5.96 Å². The van der Waals surface area contributed by atoms with E-state index in [0.29, 0.717) is 28.1 Å². The molecule has 6 N–H and O–H groups in total. The number of allylic oxidation sites excluding steroid dienone is 6. The van der Waals surface area contributed by atoms with Gasteiger partial charge in [-0.2, -0.15) is 0 Å². The van der Waals surface area contributed by atoms with Crippen LogP contribution in [0.25, 0.3) is 0 Å². The minimum atomic E-state index is -1.20. The summed E-state index contributed by atoms with van der Waals surface area (Å²) in [5.41, 5.74) is 7.03. The van der Waals surface area contributed by atoms with Crippen molar-refractivity contribution in [3.8, 4) is 0 Å². The average Bonchev–Trinajstić information content (AvgIpc) is 3.36. The second-order valence-electron chi connectivity index (χ2n) is 8.72. The number of rotatable bonds is 9. The molecule has 0 saturated heterocycles. The van der Waals surface area contributed by atoms with Crippen LogP contribution in [0.2, 0.25) is 0 Å². The molecule has 0 fully saturated rings. The first kappa shape index (κ1) is 27.1. The molecule has 0 radical (unpaired) electrons. The molecule has 12 heteroatoms. The summed E-state index contributed by atoms with van der Waals surface area (Å²) >= 11 is 1.00. The Morgan fingerprint density at radius 2 is 1.87 bits per heavy atom. The van der Waals surface area contributed by atoms with Crippen molar-refractivity contribution in [1.82, 2.24) is 4.90 Å². The van der Waals surface area contributed by atoms with E-state index in [0.717, 1.165) is 16.2 Å². The lowest BCUT2D eigenvalue weighted by atomic mass is 9.78. The third kappa shape index (κ3) is 6.67. The van der Waals surface area contributed by atoms with Gasteiger partial charge in [-0.1, -0.05) is 24.3 Å². The summed E-state index contributed by atoms with van der Waals surface area (Å²) in [6.45, 7) is -0.616. The highest BCUT2D eigenvalue weighted by molar-refractivity contribution is 7.12. The number of nitrogens with zero attached hydrogens (tertiary/aromatic N) is 1. The monoisotopic (exact) mass is 548 g/mol. The number of ether oxygens (including phenoxy) is 1. The van der Waals surface area contributed by atoms with Crippen LogP contribution in [-0.2, 0) is 20.9 Å². The number of nitrogens with two attached hydrogens (primary N) is 1. The van der Waals surface area contributed by atoms with E-state index in [1.54, 1.807) is 47.9 Å². The summed E-state index contributed by atoms with van der Waals surface area (Å²) in [6, 6.07) is 7.67. The van der Waals surface area contributed by atoms with E-state index in [9.17, 15) is 24.3 Å². The molecule has 0 aliphatic heterocycles. The number of esters is 1. The van der Waals surface area contributed by atoms with Crippen LogP contribution in [0.5, 0.6) is 0 Å². The second kappa shape index (κ2) is 11.6. The van der Waals surface area contributed by atoms with Gasteiger partial charge in [-0.15, -0.1) is 11.3 Å². The van der Waals surface area contributed by atoms with Crippen molar-refractivity contribution in [2.45, 2.75) is 6.54 Å². The minimum Gasteiger partial charge on any atom is -0.480 e. The van der Waals surface area contributed by atoms with Crippen LogP contribution in [0.1, 0.15) is 25.6 Å². The van der Waals surface area contributed by atoms with E-state index in [1.165, 1.54) is 18.2 Å². The van der Waals surface area contributed by atoms with Gasteiger partial charge in [0.25, 0.3) is 5.91 Å². The van der Waals surface area contributed by atoms with Gasteiger partial charge in [0.2, 0.25) is 0 Å². The largest absolute Gasteiger partial charge is 0.480 e. The van der Waals surface area contributed by atoms with Crippen molar-refractivity contribution in [2.75, 3.05) is 11.9 Å². The molecule has 1 heterocycles. The topological polar surface area (TPSA) is 183 Å². The van der Waals surface area contributed by atoms with Crippen molar-refractivity contribution >= 4 is 46.8 Å². The Bertz CT molecular complexity index is 1450. The Morgan fingerprint density at radius 1 is 1.13 bits per heavy atom. The number of aliphatic carboxylic acids is 1. The Hall–Kier alpha value is -4.97. The summed E-state index contributed by atoms with van der Waals surface area (Å²) in [6.07, 6.45) is 10.2. The summed E-state index contributed by atoms with van der Waals surface area (Å²) in [5.74, 6) is -4.01. The lowest BCUT2D eigenvalue weighted by Gasteiger charge is -2.30. The van der Waals surface area contributed by atoms with Gasteiger partial charge in [0, 0.05) is 29.6 Å². The first-order valence-electron chi connectivity index (χ1n) is 11.6. The molecule has 11 nitrogen and oxygen atoms in total. The number of amides is 1.